The predicted octanol–water partition coefficient (Wildman–Crippen LogP) is 3.67. The predicted molar refractivity (Wildman–Crippen MR) is 98.7 cm³/mol. The molecule has 0 radical (unpaired) electrons. The van der Waals surface area contributed by atoms with Crippen molar-refractivity contribution in [3.05, 3.63) is 0 Å². The van der Waals surface area contributed by atoms with Gasteiger partial charge >= 0.3 is 12.1 Å². The van der Waals surface area contributed by atoms with Gasteiger partial charge in [0.2, 0.25) is 0 Å². The van der Waals surface area contributed by atoms with Crippen molar-refractivity contribution in [2.45, 2.75) is 91.1 Å². The maximum absolute atomic E-state index is 12.6. The second kappa shape index (κ2) is 8.59. The molecule has 1 N–H and O–H groups in total. The summed E-state index contributed by atoms with van der Waals surface area (Å²) in [5.41, 5.74) is -0.550. The molecule has 1 heterocycles. The highest BCUT2D eigenvalue weighted by Gasteiger charge is 2.38. The van der Waals surface area contributed by atoms with Gasteiger partial charge in [0, 0.05) is 6.42 Å². The highest BCUT2D eigenvalue weighted by Crippen LogP contribution is 2.35. The minimum Gasteiger partial charge on any atom is -0.460 e. The van der Waals surface area contributed by atoms with E-state index in [1.54, 1.807) is 0 Å². The maximum Gasteiger partial charge on any atom is 0.407 e. The van der Waals surface area contributed by atoms with Gasteiger partial charge in [-0.1, -0.05) is 27.2 Å². The molecular weight excluding hydrogens is 334 g/mol. The van der Waals surface area contributed by atoms with Gasteiger partial charge < -0.3 is 19.5 Å². The summed E-state index contributed by atoms with van der Waals surface area (Å²) in [6.45, 7) is 12.3. The monoisotopic (exact) mass is 369 g/mol. The zero-order valence-corrected chi connectivity index (χ0v) is 17.0. The molecule has 2 fully saturated rings. The third-order valence-electron chi connectivity index (χ3n) is 5.21. The molecule has 0 aromatic rings. The molecule has 0 spiro atoms. The van der Waals surface area contributed by atoms with Crippen molar-refractivity contribution >= 4 is 12.1 Å². The summed E-state index contributed by atoms with van der Waals surface area (Å²) < 4.78 is 16.7. The van der Waals surface area contributed by atoms with E-state index in [2.05, 4.69) is 26.1 Å². The van der Waals surface area contributed by atoms with Crippen LogP contribution in [0.25, 0.3) is 0 Å². The molecule has 26 heavy (non-hydrogen) atoms. The molecule has 6 heteroatoms. The molecule has 150 valence electrons. The van der Waals surface area contributed by atoms with Gasteiger partial charge in [0.15, 0.2) is 6.10 Å². The van der Waals surface area contributed by atoms with Gasteiger partial charge in [-0.25, -0.2) is 9.59 Å². The summed E-state index contributed by atoms with van der Waals surface area (Å²) in [6.07, 6.45) is 2.51. The Kier molecular flexibility index (Phi) is 6.94. The van der Waals surface area contributed by atoms with Gasteiger partial charge in [0.1, 0.15) is 11.7 Å². The van der Waals surface area contributed by atoms with Gasteiger partial charge in [0.05, 0.1) is 12.6 Å². The van der Waals surface area contributed by atoms with Gasteiger partial charge in [-0.15, -0.1) is 0 Å². The smallest absolute Gasteiger partial charge is 0.407 e. The zero-order chi connectivity index (χ0) is 19.5. The van der Waals surface area contributed by atoms with Crippen LogP contribution in [0.3, 0.4) is 0 Å². The highest BCUT2D eigenvalue weighted by atomic mass is 16.6. The molecule has 1 saturated heterocycles. The van der Waals surface area contributed by atoms with Gasteiger partial charge in [-0.3, -0.25) is 0 Å². The van der Waals surface area contributed by atoms with E-state index in [0.29, 0.717) is 30.8 Å². The fourth-order valence-corrected chi connectivity index (χ4v) is 3.84. The van der Waals surface area contributed by atoms with Crippen LogP contribution in [0.2, 0.25) is 0 Å². The van der Waals surface area contributed by atoms with Gasteiger partial charge in [0.25, 0.3) is 0 Å². The van der Waals surface area contributed by atoms with Crippen molar-refractivity contribution in [1.29, 1.82) is 0 Å². The first-order valence-electron chi connectivity index (χ1n) is 9.86. The Balaban J connectivity index is 1.84. The molecule has 5 atom stereocenters. The Labute approximate surface area is 157 Å². The van der Waals surface area contributed by atoms with Crippen molar-refractivity contribution in [2.24, 2.45) is 17.8 Å². The third-order valence-corrected chi connectivity index (χ3v) is 5.21. The summed E-state index contributed by atoms with van der Waals surface area (Å²) >= 11 is 0. The Morgan fingerprint density at radius 2 is 1.85 bits per heavy atom. The van der Waals surface area contributed by atoms with Crippen LogP contribution < -0.4 is 5.32 Å². The summed E-state index contributed by atoms with van der Waals surface area (Å²) in [7, 11) is 0. The van der Waals surface area contributed by atoms with E-state index in [9.17, 15) is 9.59 Å². The van der Waals surface area contributed by atoms with Crippen LogP contribution in [0.5, 0.6) is 0 Å². The van der Waals surface area contributed by atoms with Crippen LogP contribution in [0.4, 0.5) is 4.79 Å². The average Bonchev–Trinajstić information content (AvgIpc) is 2.93. The minimum atomic E-state index is -0.611. The number of hydrogen-bond donors (Lipinski definition) is 1. The van der Waals surface area contributed by atoms with E-state index in [4.69, 9.17) is 14.2 Å². The van der Waals surface area contributed by atoms with Crippen LogP contribution in [0, 0.1) is 17.8 Å². The van der Waals surface area contributed by atoms with E-state index < -0.39 is 17.8 Å². The number of rotatable bonds is 4. The molecule has 0 bridgehead atoms. The molecule has 0 aromatic heterocycles. The van der Waals surface area contributed by atoms with E-state index in [1.807, 2.05) is 20.8 Å². The van der Waals surface area contributed by atoms with Crippen molar-refractivity contribution < 1.29 is 23.8 Å². The van der Waals surface area contributed by atoms with E-state index >= 15 is 0 Å². The Hall–Kier alpha value is -1.30. The van der Waals surface area contributed by atoms with Crippen molar-refractivity contribution in [3.63, 3.8) is 0 Å². The first kappa shape index (κ1) is 21.0. The fraction of sp³-hybridized carbons (Fsp3) is 0.900. The topological polar surface area (TPSA) is 73.9 Å². The largest absolute Gasteiger partial charge is 0.460 e. The SMILES string of the molecule is CC(C)[C@@H]1CC[C@@H](C)C[C@H]1OC(=O)[C@H]1C[C@H](NC(=O)OC(C)(C)C)CO1. The van der Waals surface area contributed by atoms with Crippen LogP contribution in [0.1, 0.15) is 67.2 Å². The molecule has 2 rings (SSSR count). The second-order valence-electron chi connectivity index (χ2n) is 9.20. The van der Waals surface area contributed by atoms with Crippen LogP contribution in [0.15, 0.2) is 0 Å². The van der Waals surface area contributed by atoms with Crippen LogP contribution in [-0.2, 0) is 19.0 Å². The lowest BCUT2D eigenvalue weighted by Gasteiger charge is -2.37. The summed E-state index contributed by atoms with van der Waals surface area (Å²) in [5.74, 6) is 1.18. The molecule has 0 aromatic carbocycles. The van der Waals surface area contributed by atoms with Crippen molar-refractivity contribution in [1.82, 2.24) is 5.32 Å². The summed E-state index contributed by atoms with van der Waals surface area (Å²) in [5, 5.41) is 2.76. The number of carbonyl (C=O) groups excluding carboxylic acids is 2. The number of alkyl carbamates (subject to hydrolysis) is 1. The summed E-state index contributed by atoms with van der Waals surface area (Å²) in [6, 6.07) is -0.228. The first-order valence-corrected chi connectivity index (χ1v) is 9.86. The third kappa shape index (κ3) is 6.15. The Morgan fingerprint density at radius 3 is 2.46 bits per heavy atom. The van der Waals surface area contributed by atoms with E-state index in [0.717, 1.165) is 12.8 Å². The van der Waals surface area contributed by atoms with Crippen LogP contribution in [-0.4, -0.2) is 42.5 Å². The number of ether oxygens (including phenoxy) is 3. The number of hydrogen-bond acceptors (Lipinski definition) is 5. The number of nitrogens with one attached hydrogen (secondary N) is 1. The van der Waals surface area contributed by atoms with Gasteiger partial charge in [-0.2, -0.15) is 0 Å². The highest BCUT2D eigenvalue weighted by molar-refractivity contribution is 5.75. The molecule has 1 saturated carbocycles. The number of esters is 1. The molecule has 2 aliphatic rings. The quantitative estimate of drug-likeness (QED) is 0.765. The molecular formula is C20H35NO5. The average molecular weight is 370 g/mol. The lowest BCUT2D eigenvalue weighted by molar-refractivity contribution is -0.166. The second-order valence-corrected chi connectivity index (χ2v) is 9.20. The zero-order valence-electron chi connectivity index (χ0n) is 17.0. The van der Waals surface area contributed by atoms with Crippen molar-refractivity contribution in [2.75, 3.05) is 6.61 Å². The molecule has 1 aliphatic carbocycles. The summed E-state index contributed by atoms with van der Waals surface area (Å²) in [4.78, 5) is 24.4. The van der Waals surface area contributed by atoms with E-state index in [-0.39, 0.29) is 18.1 Å². The fourth-order valence-electron chi connectivity index (χ4n) is 3.84. The lowest BCUT2D eigenvalue weighted by Crippen LogP contribution is -2.40. The first-order chi connectivity index (χ1) is 12.0. The minimum absolute atomic E-state index is 0.0345. The molecule has 1 amide bonds. The maximum atomic E-state index is 12.6. The Morgan fingerprint density at radius 1 is 1.15 bits per heavy atom. The standard InChI is InChI=1S/C20H35NO5/c1-12(2)15-8-7-13(3)9-16(15)25-18(22)17-10-14(11-24-17)21-19(23)26-20(4,5)6/h12-17H,7-11H2,1-6H3,(H,21,23)/t13-,14+,15+,16-,17-/m1/s1. The number of amides is 1. The van der Waals surface area contributed by atoms with E-state index in [1.165, 1.54) is 6.42 Å². The Bertz CT molecular complexity index is 499. The lowest BCUT2D eigenvalue weighted by atomic mass is 9.75. The molecule has 1 aliphatic heterocycles. The number of carbonyl (C=O) groups is 2. The van der Waals surface area contributed by atoms with Gasteiger partial charge in [-0.05, 0) is 51.4 Å². The molecule has 6 nitrogen and oxygen atoms in total. The van der Waals surface area contributed by atoms with Crippen molar-refractivity contribution in [3.8, 4) is 0 Å². The normalized spacial score (nSPS) is 32.3. The van der Waals surface area contributed by atoms with Crippen LogP contribution >= 0.6 is 0 Å². The molecule has 0 unspecified atom stereocenters.